The van der Waals surface area contributed by atoms with Gasteiger partial charge in [-0.3, -0.25) is 4.79 Å². The van der Waals surface area contributed by atoms with Gasteiger partial charge in [-0.25, -0.2) is 18.4 Å². The molecule has 30 heavy (non-hydrogen) atoms. The molecule has 1 atom stereocenters. The molecule has 2 rings (SSSR count). The highest BCUT2D eigenvalue weighted by molar-refractivity contribution is 5.97. The lowest BCUT2D eigenvalue weighted by Gasteiger charge is -2.20. The maximum Gasteiger partial charge on any atom is 0.338 e. The fourth-order valence-electron chi connectivity index (χ4n) is 2.61. The van der Waals surface area contributed by atoms with Crippen LogP contribution in [0.3, 0.4) is 0 Å². The molecule has 0 radical (unpaired) electrons. The highest BCUT2D eigenvalue weighted by atomic mass is 19.1. The number of ether oxygens (including phenoxy) is 2. The fourth-order valence-corrected chi connectivity index (χ4v) is 2.61. The van der Waals surface area contributed by atoms with Crippen LogP contribution in [0.2, 0.25) is 0 Å². The predicted molar refractivity (Wildman–Crippen MR) is 105 cm³/mol. The van der Waals surface area contributed by atoms with Gasteiger partial charge in [-0.05, 0) is 50.6 Å². The van der Waals surface area contributed by atoms with E-state index in [1.165, 1.54) is 0 Å². The SMILES string of the molecule is COC(=O)[C@H](Cc1ccc(C(=O)OC(C)(C)C)cc1)NC(=O)c1cc(F)cc(F)c1. The predicted octanol–water partition coefficient (Wildman–Crippen LogP) is 3.43. The summed E-state index contributed by atoms with van der Waals surface area (Å²) in [5.74, 6) is -3.86. The molecule has 0 unspecified atom stereocenters. The number of carbonyl (C=O) groups excluding carboxylic acids is 3. The molecule has 0 aromatic heterocycles. The molecule has 0 bridgehead atoms. The molecule has 0 aliphatic rings. The molecule has 6 nitrogen and oxygen atoms in total. The van der Waals surface area contributed by atoms with Crippen molar-refractivity contribution < 1.29 is 32.6 Å². The van der Waals surface area contributed by atoms with Gasteiger partial charge in [0.25, 0.3) is 5.91 Å². The number of benzene rings is 2. The second-order valence-corrected chi connectivity index (χ2v) is 7.61. The minimum atomic E-state index is -1.10. The summed E-state index contributed by atoms with van der Waals surface area (Å²) in [6, 6.07) is 7.59. The van der Waals surface area contributed by atoms with Crippen LogP contribution in [0.15, 0.2) is 42.5 Å². The molecule has 1 amide bonds. The number of esters is 2. The summed E-state index contributed by atoms with van der Waals surface area (Å²) < 4.78 is 36.7. The van der Waals surface area contributed by atoms with E-state index in [-0.39, 0.29) is 12.0 Å². The van der Waals surface area contributed by atoms with Gasteiger partial charge in [0.1, 0.15) is 23.3 Å². The van der Waals surface area contributed by atoms with Gasteiger partial charge < -0.3 is 14.8 Å². The van der Waals surface area contributed by atoms with Crippen molar-refractivity contribution in [2.24, 2.45) is 0 Å². The Hall–Kier alpha value is -3.29. The van der Waals surface area contributed by atoms with Gasteiger partial charge in [0.15, 0.2) is 0 Å². The molecule has 0 saturated heterocycles. The van der Waals surface area contributed by atoms with Crippen LogP contribution in [0.1, 0.15) is 47.1 Å². The third-order valence-electron chi connectivity index (χ3n) is 3.94. The van der Waals surface area contributed by atoms with Crippen LogP contribution in [0.4, 0.5) is 8.78 Å². The third kappa shape index (κ3) is 6.65. The Kier molecular flexibility index (Phi) is 7.26. The van der Waals surface area contributed by atoms with Gasteiger partial charge >= 0.3 is 11.9 Å². The summed E-state index contributed by atoms with van der Waals surface area (Å²) in [6.07, 6.45) is 0.0464. The van der Waals surface area contributed by atoms with Crippen molar-refractivity contribution in [3.8, 4) is 0 Å². The zero-order valence-corrected chi connectivity index (χ0v) is 17.1. The number of rotatable bonds is 6. The van der Waals surface area contributed by atoms with E-state index in [0.717, 1.165) is 19.2 Å². The first kappa shape index (κ1) is 23.0. The number of halogens is 2. The van der Waals surface area contributed by atoms with E-state index in [1.807, 2.05) is 0 Å². The number of carbonyl (C=O) groups is 3. The first-order valence-corrected chi connectivity index (χ1v) is 9.15. The lowest BCUT2D eigenvalue weighted by molar-refractivity contribution is -0.142. The molecule has 0 aliphatic heterocycles. The molecule has 0 fully saturated rings. The van der Waals surface area contributed by atoms with Crippen molar-refractivity contribution in [3.05, 3.63) is 70.8 Å². The van der Waals surface area contributed by atoms with Crippen molar-refractivity contribution in [2.75, 3.05) is 7.11 Å². The molecule has 8 heteroatoms. The van der Waals surface area contributed by atoms with Crippen molar-refractivity contribution in [1.29, 1.82) is 0 Å². The Bertz CT molecular complexity index is 915. The zero-order chi connectivity index (χ0) is 22.5. The van der Waals surface area contributed by atoms with Crippen molar-refractivity contribution in [3.63, 3.8) is 0 Å². The quantitative estimate of drug-likeness (QED) is 0.726. The first-order chi connectivity index (χ1) is 14.0. The summed E-state index contributed by atoms with van der Waals surface area (Å²) in [5, 5.41) is 2.42. The van der Waals surface area contributed by atoms with Crippen molar-refractivity contribution in [1.82, 2.24) is 5.32 Å². The Labute approximate surface area is 173 Å². The van der Waals surface area contributed by atoms with Gasteiger partial charge in [0, 0.05) is 18.1 Å². The van der Waals surface area contributed by atoms with Crippen LogP contribution in [-0.4, -0.2) is 36.6 Å². The largest absolute Gasteiger partial charge is 0.467 e. The average Bonchev–Trinajstić information content (AvgIpc) is 2.65. The van der Waals surface area contributed by atoms with Crippen LogP contribution in [0.25, 0.3) is 0 Å². The minimum Gasteiger partial charge on any atom is -0.467 e. The smallest absolute Gasteiger partial charge is 0.338 e. The highest BCUT2D eigenvalue weighted by Crippen LogP contribution is 2.14. The van der Waals surface area contributed by atoms with Gasteiger partial charge in [-0.1, -0.05) is 12.1 Å². The van der Waals surface area contributed by atoms with Gasteiger partial charge in [0.05, 0.1) is 12.7 Å². The molecule has 0 aliphatic carbocycles. The number of amides is 1. The van der Waals surface area contributed by atoms with Gasteiger partial charge in [-0.15, -0.1) is 0 Å². The lowest BCUT2D eigenvalue weighted by atomic mass is 10.0. The molecule has 2 aromatic rings. The summed E-state index contributed by atoms with van der Waals surface area (Å²) >= 11 is 0. The monoisotopic (exact) mass is 419 g/mol. The molecule has 1 N–H and O–H groups in total. The Morgan fingerprint density at radius 3 is 2.03 bits per heavy atom. The molecular weight excluding hydrogens is 396 g/mol. The van der Waals surface area contributed by atoms with E-state index < -0.39 is 41.1 Å². The number of hydrogen-bond donors (Lipinski definition) is 1. The summed E-state index contributed by atoms with van der Waals surface area (Å²) in [4.78, 5) is 36.5. The average molecular weight is 419 g/mol. The molecule has 0 spiro atoms. The molecule has 0 heterocycles. The van der Waals surface area contributed by atoms with E-state index in [0.29, 0.717) is 17.2 Å². The van der Waals surface area contributed by atoms with Crippen molar-refractivity contribution in [2.45, 2.75) is 38.8 Å². The summed E-state index contributed by atoms with van der Waals surface area (Å²) in [6.45, 7) is 5.27. The number of methoxy groups -OCH3 is 1. The van der Waals surface area contributed by atoms with E-state index in [9.17, 15) is 23.2 Å². The van der Waals surface area contributed by atoms with Gasteiger partial charge in [-0.2, -0.15) is 0 Å². The van der Waals surface area contributed by atoms with E-state index in [1.54, 1.807) is 45.0 Å². The standard InChI is InChI=1S/C22H23F2NO5/c1-22(2,3)30-20(27)14-7-5-13(6-8-14)9-18(21(28)29-4)25-19(26)15-10-16(23)12-17(24)11-15/h5-8,10-12,18H,9H2,1-4H3,(H,25,26)/t18-/m0/s1. The second-order valence-electron chi connectivity index (χ2n) is 7.61. The molecular formula is C22H23F2NO5. The van der Waals surface area contributed by atoms with Crippen LogP contribution >= 0.6 is 0 Å². The van der Waals surface area contributed by atoms with Crippen molar-refractivity contribution >= 4 is 17.8 Å². The maximum absolute atomic E-state index is 13.4. The van der Waals surface area contributed by atoms with Crippen LogP contribution in [-0.2, 0) is 20.7 Å². The van der Waals surface area contributed by atoms with E-state index in [4.69, 9.17) is 9.47 Å². The van der Waals surface area contributed by atoms with Crippen LogP contribution < -0.4 is 5.32 Å². The normalized spacial score (nSPS) is 12.1. The first-order valence-electron chi connectivity index (χ1n) is 9.15. The summed E-state index contributed by atoms with van der Waals surface area (Å²) in [7, 11) is 1.16. The molecule has 2 aromatic carbocycles. The third-order valence-corrected chi connectivity index (χ3v) is 3.94. The Morgan fingerprint density at radius 2 is 1.53 bits per heavy atom. The maximum atomic E-state index is 13.4. The summed E-state index contributed by atoms with van der Waals surface area (Å²) in [5.41, 5.74) is 0.0690. The highest BCUT2D eigenvalue weighted by Gasteiger charge is 2.24. The Morgan fingerprint density at radius 1 is 0.967 bits per heavy atom. The minimum absolute atomic E-state index is 0.0464. The zero-order valence-electron chi connectivity index (χ0n) is 17.1. The Balaban J connectivity index is 2.14. The second kappa shape index (κ2) is 9.47. The van der Waals surface area contributed by atoms with E-state index in [2.05, 4.69) is 5.32 Å². The van der Waals surface area contributed by atoms with Crippen LogP contribution in [0.5, 0.6) is 0 Å². The lowest BCUT2D eigenvalue weighted by Crippen LogP contribution is -2.43. The molecule has 0 saturated carbocycles. The molecule has 160 valence electrons. The fraction of sp³-hybridized carbons (Fsp3) is 0.318. The number of hydrogen-bond acceptors (Lipinski definition) is 5. The van der Waals surface area contributed by atoms with E-state index >= 15 is 0 Å². The van der Waals surface area contributed by atoms with Gasteiger partial charge in [0.2, 0.25) is 0 Å². The number of nitrogens with one attached hydrogen (secondary N) is 1. The van der Waals surface area contributed by atoms with Crippen LogP contribution in [0, 0.1) is 11.6 Å². The topological polar surface area (TPSA) is 81.7 Å².